The van der Waals surface area contributed by atoms with Crippen LogP contribution in [0.3, 0.4) is 0 Å². The summed E-state index contributed by atoms with van der Waals surface area (Å²) < 4.78 is 6.21. The van der Waals surface area contributed by atoms with Crippen LogP contribution >= 0.6 is 11.3 Å². The molecule has 0 aromatic carbocycles. The standard InChI is InChI=1S/C19H26N4OS/c1-22(2)11-14-10-15(6-8-20-14)24-16-7-9-23(12-16)13-19-21-17-4-3-5-18(17)25-19/h6,8,10,16H,3-5,7,9,11-13H2,1-2H3. The first-order valence-electron chi connectivity index (χ1n) is 9.12. The van der Waals surface area contributed by atoms with E-state index in [1.165, 1.54) is 34.8 Å². The van der Waals surface area contributed by atoms with E-state index in [0.717, 1.165) is 44.0 Å². The summed E-state index contributed by atoms with van der Waals surface area (Å²) in [6.07, 6.45) is 6.89. The van der Waals surface area contributed by atoms with E-state index in [-0.39, 0.29) is 6.10 Å². The third-order valence-electron chi connectivity index (χ3n) is 4.80. The summed E-state index contributed by atoms with van der Waals surface area (Å²) >= 11 is 1.92. The Morgan fingerprint density at radius 2 is 2.28 bits per heavy atom. The molecular weight excluding hydrogens is 332 g/mol. The lowest BCUT2D eigenvalue weighted by Gasteiger charge is -2.16. The SMILES string of the molecule is CN(C)Cc1cc(OC2CCN(Cc3nc4c(s3)CCC4)C2)ccn1. The molecule has 0 N–H and O–H groups in total. The zero-order valence-electron chi connectivity index (χ0n) is 15.1. The largest absolute Gasteiger partial charge is 0.489 e. The third-order valence-corrected chi connectivity index (χ3v) is 5.94. The molecule has 1 saturated heterocycles. The van der Waals surface area contributed by atoms with Gasteiger partial charge in [-0.15, -0.1) is 11.3 Å². The number of hydrogen-bond acceptors (Lipinski definition) is 6. The van der Waals surface area contributed by atoms with Crippen LogP contribution in [0.4, 0.5) is 0 Å². The Morgan fingerprint density at radius 1 is 1.36 bits per heavy atom. The summed E-state index contributed by atoms with van der Waals surface area (Å²) in [6.45, 7) is 3.88. The fourth-order valence-electron chi connectivity index (χ4n) is 3.67. The number of hydrogen-bond donors (Lipinski definition) is 0. The van der Waals surface area contributed by atoms with Crippen LogP contribution in [0.15, 0.2) is 18.3 Å². The van der Waals surface area contributed by atoms with Gasteiger partial charge in [0.25, 0.3) is 0 Å². The summed E-state index contributed by atoms with van der Waals surface area (Å²) in [5.41, 5.74) is 2.41. The van der Waals surface area contributed by atoms with Crippen LogP contribution in [0.2, 0.25) is 0 Å². The maximum Gasteiger partial charge on any atom is 0.123 e. The molecule has 5 nitrogen and oxygen atoms in total. The lowest BCUT2D eigenvalue weighted by atomic mass is 10.3. The highest BCUT2D eigenvalue weighted by Gasteiger charge is 2.26. The lowest BCUT2D eigenvalue weighted by molar-refractivity contribution is 0.198. The van der Waals surface area contributed by atoms with Crippen molar-refractivity contribution in [2.75, 3.05) is 27.2 Å². The normalized spacial score (nSPS) is 20.4. The van der Waals surface area contributed by atoms with Crippen molar-refractivity contribution >= 4 is 11.3 Å². The monoisotopic (exact) mass is 358 g/mol. The van der Waals surface area contributed by atoms with Crippen molar-refractivity contribution in [2.24, 2.45) is 0 Å². The Hall–Kier alpha value is -1.50. The second kappa shape index (κ2) is 7.40. The van der Waals surface area contributed by atoms with Gasteiger partial charge in [0.2, 0.25) is 0 Å². The molecule has 1 atom stereocenters. The van der Waals surface area contributed by atoms with Crippen LogP contribution in [0.1, 0.15) is 34.1 Å². The zero-order chi connectivity index (χ0) is 17.2. The Balaban J connectivity index is 1.31. The molecule has 0 amide bonds. The van der Waals surface area contributed by atoms with Crippen molar-refractivity contribution in [3.05, 3.63) is 39.6 Å². The van der Waals surface area contributed by atoms with Gasteiger partial charge in [0.1, 0.15) is 16.9 Å². The molecule has 0 spiro atoms. The van der Waals surface area contributed by atoms with Gasteiger partial charge in [-0.1, -0.05) is 0 Å². The van der Waals surface area contributed by atoms with Crippen molar-refractivity contribution in [1.29, 1.82) is 0 Å². The predicted molar refractivity (Wildman–Crippen MR) is 100 cm³/mol. The molecule has 0 bridgehead atoms. The number of fused-ring (bicyclic) bond motifs is 1. The summed E-state index contributed by atoms with van der Waals surface area (Å²) in [5.74, 6) is 0.937. The Kier molecular flexibility index (Phi) is 5.01. The highest BCUT2D eigenvalue weighted by atomic mass is 32.1. The summed E-state index contributed by atoms with van der Waals surface area (Å²) in [7, 11) is 4.11. The van der Waals surface area contributed by atoms with E-state index in [9.17, 15) is 0 Å². The third kappa shape index (κ3) is 4.19. The Labute approximate surface area is 153 Å². The van der Waals surface area contributed by atoms with E-state index < -0.39 is 0 Å². The van der Waals surface area contributed by atoms with Crippen LogP contribution in [-0.4, -0.2) is 53.1 Å². The van der Waals surface area contributed by atoms with Crippen LogP contribution in [0.5, 0.6) is 5.75 Å². The van der Waals surface area contributed by atoms with Gasteiger partial charge in [-0.25, -0.2) is 4.98 Å². The lowest BCUT2D eigenvalue weighted by Crippen LogP contribution is -2.24. The van der Waals surface area contributed by atoms with Crippen molar-refractivity contribution in [3.8, 4) is 5.75 Å². The number of aryl methyl sites for hydroxylation is 2. The number of rotatable bonds is 6. The van der Waals surface area contributed by atoms with Gasteiger partial charge in [-0.2, -0.15) is 0 Å². The second-order valence-electron chi connectivity index (χ2n) is 7.32. The first kappa shape index (κ1) is 16.9. The van der Waals surface area contributed by atoms with Crippen molar-refractivity contribution in [2.45, 2.75) is 44.9 Å². The van der Waals surface area contributed by atoms with Crippen LogP contribution in [-0.2, 0) is 25.9 Å². The quantitative estimate of drug-likeness (QED) is 0.794. The van der Waals surface area contributed by atoms with Crippen molar-refractivity contribution < 1.29 is 4.74 Å². The predicted octanol–water partition coefficient (Wildman–Crippen LogP) is 2.74. The number of ether oxygens (including phenoxy) is 1. The molecule has 2 aromatic heterocycles. The Bertz CT molecular complexity index is 708. The number of aromatic nitrogens is 2. The van der Waals surface area contributed by atoms with Crippen LogP contribution in [0, 0.1) is 0 Å². The maximum absolute atomic E-state index is 6.21. The average molecular weight is 359 g/mol. The van der Waals surface area contributed by atoms with E-state index in [2.05, 4.69) is 34.9 Å². The molecule has 1 unspecified atom stereocenters. The highest BCUT2D eigenvalue weighted by Crippen LogP contribution is 2.29. The second-order valence-corrected chi connectivity index (χ2v) is 8.48. The van der Waals surface area contributed by atoms with Crippen LogP contribution in [0.25, 0.3) is 0 Å². The summed E-state index contributed by atoms with van der Waals surface area (Å²) in [6, 6.07) is 4.03. The van der Waals surface area contributed by atoms with E-state index in [4.69, 9.17) is 9.72 Å². The molecule has 6 heteroatoms. The van der Waals surface area contributed by atoms with Gasteiger partial charge >= 0.3 is 0 Å². The van der Waals surface area contributed by atoms with E-state index >= 15 is 0 Å². The molecular formula is C19H26N4OS. The first-order valence-corrected chi connectivity index (χ1v) is 9.93. The van der Waals surface area contributed by atoms with Crippen molar-refractivity contribution in [3.63, 3.8) is 0 Å². The van der Waals surface area contributed by atoms with Crippen LogP contribution < -0.4 is 4.74 Å². The molecule has 25 heavy (non-hydrogen) atoms. The molecule has 134 valence electrons. The molecule has 2 aliphatic rings. The molecule has 1 fully saturated rings. The smallest absolute Gasteiger partial charge is 0.123 e. The average Bonchev–Trinajstić information content (AvgIpc) is 3.24. The van der Waals surface area contributed by atoms with E-state index in [1.807, 2.05) is 23.6 Å². The fourth-order valence-corrected chi connectivity index (χ4v) is 4.87. The minimum absolute atomic E-state index is 0.265. The maximum atomic E-state index is 6.21. The number of pyridine rings is 1. The van der Waals surface area contributed by atoms with E-state index in [1.54, 1.807) is 0 Å². The van der Waals surface area contributed by atoms with Gasteiger partial charge in [0, 0.05) is 36.8 Å². The molecule has 2 aromatic rings. The highest BCUT2D eigenvalue weighted by molar-refractivity contribution is 7.11. The molecule has 0 saturated carbocycles. The number of thiazole rings is 1. The van der Waals surface area contributed by atoms with Gasteiger partial charge in [0.15, 0.2) is 0 Å². The summed E-state index contributed by atoms with van der Waals surface area (Å²) in [4.78, 5) is 15.3. The minimum Gasteiger partial charge on any atom is -0.489 e. The number of likely N-dealkylation sites (tertiary alicyclic amines) is 1. The molecule has 3 heterocycles. The molecule has 1 aliphatic heterocycles. The van der Waals surface area contributed by atoms with Gasteiger partial charge in [0.05, 0.1) is 17.9 Å². The molecule has 1 aliphatic carbocycles. The number of nitrogens with zero attached hydrogens (tertiary/aromatic N) is 4. The molecule has 4 rings (SSSR count). The minimum atomic E-state index is 0.265. The van der Waals surface area contributed by atoms with Crippen molar-refractivity contribution in [1.82, 2.24) is 19.8 Å². The van der Waals surface area contributed by atoms with Gasteiger partial charge in [-0.3, -0.25) is 9.88 Å². The first-order chi connectivity index (χ1) is 12.2. The fraction of sp³-hybridized carbons (Fsp3) is 0.579. The summed E-state index contributed by atoms with van der Waals surface area (Å²) in [5, 5.41) is 1.28. The Morgan fingerprint density at radius 3 is 3.12 bits per heavy atom. The topological polar surface area (TPSA) is 41.5 Å². The molecule has 0 radical (unpaired) electrons. The van der Waals surface area contributed by atoms with Gasteiger partial charge < -0.3 is 9.64 Å². The van der Waals surface area contributed by atoms with Gasteiger partial charge in [-0.05, 0) is 45.8 Å². The van der Waals surface area contributed by atoms with E-state index in [0.29, 0.717) is 0 Å². The zero-order valence-corrected chi connectivity index (χ0v) is 15.9.